The van der Waals surface area contributed by atoms with E-state index >= 15 is 0 Å². The average Bonchev–Trinajstić information content (AvgIpc) is 2.91. The Morgan fingerprint density at radius 2 is 2.19 bits per heavy atom. The molecule has 21 heavy (non-hydrogen) atoms. The third kappa shape index (κ3) is 3.51. The molecular weight excluding hydrogens is 306 g/mol. The molecule has 1 aromatic heterocycles. The number of halogens is 1. The molecule has 3 nitrogen and oxygen atoms in total. The van der Waals surface area contributed by atoms with Gasteiger partial charge in [-0.15, -0.1) is 11.3 Å². The van der Waals surface area contributed by atoms with Crippen LogP contribution in [0.1, 0.15) is 29.8 Å². The Labute approximate surface area is 133 Å². The van der Waals surface area contributed by atoms with Gasteiger partial charge in [0.2, 0.25) is 0 Å². The first-order valence-electron chi connectivity index (χ1n) is 7.09. The number of benzene rings is 1. The molecule has 2 heterocycles. The van der Waals surface area contributed by atoms with Crippen molar-refractivity contribution in [1.29, 1.82) is 0 Å². The fourth-order valence-electron chi connectivity index (χ4n) is 2.30. The van der Waals surface area contributed by atoms with Gasteiger partial charge in [-0.3, -0.25) is 0 Å². The molecule has 1 aromatic carbocycles. The summed E-state index contributed by atoms with van der Waals surface area (Å²) >= 11 is 8.07. The van der Waals surface area contributed by atoms with Crippen molar-refractivity contribution in [1.82, 2.24) is 5.32 Å². The molecule has 0 bridgehead atoms. The SMILES string of the molecule is C[C@H](NCc1cc(Cl)c2c(c1)OCCCO2)c1cccs1. The first-order valence-corrected chi connectivity index (χ1v) is 8.34. The zero-order valence-electron chi connectivity index (χ0n) is 11.9. The molecule has 0 saturated heterocycles. The summed E-state index contributed by atoms with van der Waals surface area (Å²) in [6.45, 7) is 4.23. The van der Waals surface area contributed by atoms with E-state index in [2.05, 4.69) is 29.8 Å². The molecule has 0 amide bonds. The van der Waals surface area contributed by atoms with E-state index in [-0.39, 0.29) is 0 Å². The van der Waals surface area contributed by atoms with E-state index in [4.69, 9.17) is 21.1 Å². The molecule has 2 aromatic rings. The molecule has 0 aliphatic carbocycles. The van der Waals surface area contributed by atoms with Gasteiger partial charge in [0.05, 0.1) is 18.2 Å². The van der Waals surface area contributed by atoms with Gasteiger partial charge in [-0.2, -0.15) is 0 Å². The number of hydrogen-bond acceptors (Lipinski definition) is 4. The second-order valence-electron chi connectivity index (χ2n) is 5.07. The second kappa shape index (κ2) is 6.69. The summed E-state index contributed by atoms with van der Waals surface area (Å²) in [5.41, 5.74) is 1.10. The average molecular weight is 324 g/mol. The van der Waals surface area contributed by atoms with Gasteiger partial charge < -0.3 is 14.8 Å². The second-order valence-corrected chi connectivity index (χ2v) is 6.46. The standard InChI is InChI=1S/C16H18ClNO2S/c1-11(15-4-2-7-21-15)18-10-12-8-13(17)16-14(9-12)19-5-3-6-20-16/h2,4,7-9,11,18H,3,5-6,10H2,1H3/t11-/m0/s1. The minimum Gasteiger partial charge on any atom is -0.489 e. The molecule has 3 rings (SSSR count). The van der Waals surface area contributed by atoms with Crippen molar-refractivity contribution in [3.63, 3.8) is 0 Å². The first-order chi connectivity index (χ1) is 10.2. The maximum absolute atomic E-state index is 6.30. The molecule has 0 radical (unpaired) electrons. The highest BCUT2D eigenvalue weighted by molar-refractivity contribution is 7.10. The molecule has 0 spiro atoms. The lowest BCUT2D eigenvalue weighted by molar-refractivity contribution is 0.297. The van der Waals surface area contributed by atoms with Crippen molar-refractivity contribution in [3.05, 3.63) is 45.1 Å². The molecule has 0 fully saturated rings. The lowest BCUT2D eigenvalue weighted by Crippen LogP contribution is -2.17. The minimum absolute atomic E-state index is 0.319. The minimum atomic E-state index is 0.319. The van der Waals surface area contributed by atoms with Crippen LogP contribution in [-0.4, -0.2) is 13.2 Å². The summed E-state index contributed by atoms with van der Waals surface area (Å²) in [6.07, 6.45) is 0.883. The Morgan fingerprint density at radius 1 is 1.33 bits per heavy atom. The van der Waals surface area contributed by atoms with Crippen molar-refractivity contribution in [2.24, 2.45) is 0 Å². The summed E-state index contributed by atoms with van der Waals surface area (Å²) < 4.78 is 11.4. The lowest BCUT2D eigenvalue weighted by Gasteiger charge is -2.15. The zero-order chi connectivity index (χ0) is 14.7. The Hall–Kier alpha value is -1.23. The maximum Gasteiger partial charge on any atom is 0.179 e. The summed E-state index contributed by atoms with van der Waals surface area (Å²) in [4.78, 5) is 1.33. The number of hydrogen-bond donors (Lipinski definition) is 1. The van der Waals surface area contributed by atoms with Gasteiger partial charge in [0.15, 0.2) is 11.5 Å². The fraction of sp³-hybridized carbons (Fsp3) is 0.375. The molecule has 0 unspecified atom stereocenters. The predicted molar refractivity (Wildman–Crippen MR) is 86.6 cm³/mol. The van der Waals surface area contributed by atoms with E-state index < -0.39 is 0 Å². The molecule has 1 N–H and O–H groups in total. The van der Waals surface area contributed by atoms with Gasteiger partial charge in [-0.1, -0.05) is 17.7 Å². The van der Waals surface area contributed by atoms with Gasteiger partial charge in [0.1, 0.15) is 0 Å². The fourth-order valence-corrected chi connectivity index (χ4v) is 3.34. The Bertz CT molecular complexity index is 601. The van der Waals surface area contributed by atoms with Crippen molar-refractivity contribution >= 4 is 22.9 Å². The van der Waals surface area contributed by atoms with Crippen LogP contribution in [0.15, 0.2) is 29.6 Å². The van der Waals surface area contributed by atoms with Crippen LogP contribution in [-0.2, 0) is 6.54 Å². The van der Waals surface area contributed by atoms with E-state index in [0.29, 0.717) is 30.0 Å². The van der Waals surface area contributed by atoms with Gasteiger partial charge in [0, 0.05) is 23.9 Å². The van der Waals surface area contributed by atoms with E-state index in [1.54, 1.807) is 11.3 Å². The van der Waals surface area contributed by atoms with Crippen molar-refractivity contribution in [2.75, 3.05) is 13.2 Å². The van der Waals surface area contributed by atoms with Crippen LogP contribution in [0.2, 0.25) is 5.02 Å². The lowest BCUT2D eigenvalue weighted by atomic mass is 10.1. The number of fused-ring (bicyclic) bond motifs is 1. The van der Waals surface area contributed by atoms with E-state index in [1.165, 1.54) is 4.88 Å². The van der Waals surface area contributed by atoms with Crippen LogP contribution in [0.4, 0.5) is 0 Å². The topological polar surface area (TPSA) is 30.5 Å². The summed E-state index contributed by atoms with van der Waals surface area (Å²) in [5, 5.41) is 6.22. The maximum atomic E-state index is 6.30. The summed E-state index contributed by atoms with van der Waals surface area (Å²) in [5.74, 6) is 1.42. The highest BCUT2D eigenvalue weighted by Crippen LogP contribution is 2.38. The normalized spacial score (nSPS) is 15.5. The molecule has 1 aliphatic heterocycles. The highest BCUT2D eigenvalue weighted by atomic mass is 35.5. The third-order valence-electron chi connectivity index (χ3n) is 3.44. The van der Waals surface area contributed by atoms with E-state index in [1.807, 2.05) is 12.1 Å². The highest BCUT2D eigenvalue weighted by Gasteiger charge is 2.16. The van der Waals surface area contributed by atoms with Gasteiger partial charge in [-0.05, 0) is 36.1 Å². The van der Waals surface area contributed by atoms with Crippen molar-refractivity contribution < 1.29 is 9.47 Å². The predicted octanol–water partition coefficient (Wildman–Crippen LogP) is 4.41. The van der Waals surface area contributed by atoms with Crippen molar-refractivity contribution in [3.8, 4) is 11.5 Å². The molecule has 112 valence electrons. The van der Waals surface area contributed by atoms with Gasteiger partial charge in [-0.25, -0.2) is 0 Å². The molecular formula is C16H18ClNO2S. The summed E-state index contributed by atoms with van der Waals surface area (Å²) in [6, 6.07) is 8.50. The monoisotopic (exact) mass is 323 g/mol. The van der Waals surface area contributed by atoms with Gasteiger partial charge >= 0.3 is 0 Å². The molecule has 5 heteroatoms. The first kappa shape index (κ1) is 14.7. The van der Waals surface area contributed by atoms with Gasteiger partial charge in [0.25, 0.3) is 0 Å². The smallest absolute Gasteiger partial charge is 0.179 e. The Morgan fingerprint density at radius 3 is 3.00 bits per heavy atom. The molecule has 1 atom stereocenters. The number of nitrogens with one attached hydrogen (secondary N) is 1. The largest absolute Gasteiger partial charge is 0.489 e. The number of rotatable bonds is 4. The van der Waals surface area contributed by atoms with Crippen LogP contribution in [0.3, 0.4) is 0 Å². The van der Waals surface area contributed by atoms with Crippen molar-refractivity contribution in [2.45, 2.75) is 25.9 Å². The third-order valence-corrected chi connectivity index (χ3v) is 4.78. The summed E-state index contributed by atoms with van der Waals surface area (Å²) in [7, 11) is 0. The van der Waals surface area contributed by atoms with Crippen LogP contribution in [0.25, 0.3) is 0 Å². The van der Waals surface area contributed by atoms with E-state index in [9.17, 15) is 0 Å². The molecule has 1 aliphatic rings. The number of ether oxygens (including phenoxy) is 2. The van der Waals surface area contributed by atoms with E-state index in [0.717, 1.165) is 24.3 Å². The van der Waals surface area contributed by atoms with Crippen LogP contribution < -0.4 is 14.8 Å². The van der Waals surface area contributed by atoms with Crippen LogP contribution in [0, 0.1) is 0 Å². The van der Waals surface area contributed by atoms with Crippen LogP contribution >= 0.6 is 22.9 Å². The molecule has 0 saturated carbocycles. The quantitative estimate of drug-likeness (QED) is 0.903. The number of thiophene rings is 1. The zero-order valence-corrected chi connectivity index (χ0v) is 13.5. The Balaban J connectivity index is 1.71. The Kier molecular flexibility index (Phi) is 4.68. The van der Waals surface area contributed by atoms with Crippen LogP contribution in [0.5, 0.6) is 11.5 Å².